The third-order valence-corrected chi connectivity index (χ3v) is 2.43. The van der Waals surface area contributed by atoms with E-state index in [1.807, 2.05) is 20.8 Å². The molecular formula is C10H14O. The van der Waals surface area contributed by atoms with E-state index >= 15 is 0 Å². The van der Waals surface area contributed by atoms with Crippen molar-refractivity contribution in [3.8, 4) is 0 Å². The summed E-state index contributed by atoms with van der Waals surface area (Å²) < 4.78 is 0. The van der Waals surface area contributed by atoms with Gasteiger partial charge in [-0.1, -0.05) is 17.7 Å². The minimum absolute atomic E-state index is 0.0787. The molecule has 1 atom stereocenters. The molecule has 0 aliphatic heterocycles. The van der Waals surface area contributed by atoms with Gasteiger partial charge in [-0.15, -0.1) is 0 Å². The molecule has 11 heavy (non-hydrogen) atoms. The number of hydrogen-bond acceptors (Lipinski definition) is 1. The Bertz CT molecular complexity index is 246. The van der Waals surface area contributed by atoms with Gasteiger partial charge in [0.1, 0.15) is 0 Å². The maximum Gasteiger partial charge on any atom is 0.165 e. The standard InChI is InChI=1S/C10H14O/c1-6(2)9-5-7(3)8(4)10(9)11/h9H,1,5H2,2-4H3. The highest BCUT2D eigenvalue weighted by atomic mass is 16.1. The van der Waals surface area contributed by atoms with E-state index in [0.717, 1.165) is 17.6 Å². The van der Waals surface area contributed by atoms with Gasteiger partial charge in [-0.2, -0.15) is 0 Å². The van der Waals surface area contributed by atoms with Crippen LogP contribution in [0.25, 0.3) is 0 Å². The first-order valence-electron chi connectivity index (χ1n) is 3.90. The van der Waals surface area contributed by atoms with Crippen LogP contribution in [0.4, 0.5) is 0 Å². The second-order valence-electron chi connectivity index (χ2n) is 3.37. The third-order valence-electron chi connectivity index (χ3n) is 2.43. The minimum Gasteiger partial charge on any atom is -0.294 e. The summed E-state index contributed by atoms with van der Waals surface area (Å²) in [6.07, 6.45) is 0.889. The highest BCUT2D eigenvalue weighted by Crippen LogP contribution is 2.31. The highest BCUT2D eigenvalue weighted by Gasteiger charge is 2.28. The lowest BCUT2D eigenvalue weighted by molar-refractivity contribution is -0.117. The third kappa shape index (κ3) is 1.28. The van der Waals surface area contributed by atoms with Crippen LogP contribution in [-0.2, 0) is 4.79 Å². The van der Waals surface area contributed by atoms with Crippen LogP contribution in [0, 0.1) is 5.92 Å². The van der Waals surface area contributed by atoms with Crippen molar-refractivity contribution in [2.45, 2.75) is 27.2 Å². The Labute approximate surface area is 67.8 Å². The largest absolute Gasteiger partial charge is 0.294 e. The molecule has 1 unspecified atom stereocenters. The first-order chi connectivity index (χ1) is 5.04. The number of Topliss-reactive ketones (excluding diaryl/α,β-unsaturated/α-hetero) is 1. The first kappa shape index (κ1) is 8.25. The second kappa shape index (κ2) is 2.65. The highest BCUT2D eigenvalue weighted by molar-refractivity contribution is 6.01. The number of ketones is 1. The van der Waals surface area contributed by atoms with E-state index in [9.17, 15) is 4.79 Å². The Morgan fingerprint density at radius 2 is 2.09 bits per heavy atom. The average molecular weight is 150 g/mol. The molecule has 1 rings (SSSR count). The molecule has 0 aromatic rings. The van der Waals surface area contributed by atoms with Crippen molar-refractivity contribution in [2.24, 2.45) is 5.92 Å². The predicted octanol–water partition coefficient (Wildman–Crippen LogP) is 2.49. The van der Waals surface area contributed by atoms with Gasteiger partial charge in [0.15, 0.2) is 5.78 Å². The first-order valence-corrected chi connectivity index (χ1v) is 3.90. The Balaban J connectivity index is 2.87. The van der Waals surface area contributed by atoms with E-state index in [2.05, 4.69) is 6.58 Å². The summed E-state index contributed by atoms with van der Waals surface area (Å²) >= 11 is 0. The van der Waals surface area contributed by atoms with Gasteiger partial charge in [0, 0.05) is 5.92 Å². The van der Waals surface area contributed by atoms with Crippen LogP contribution >= 0.6 is 0 Å². The molecule has 0 radical (unpaired) electrons. The fraction of sp³-hybridized carbons (Fsp3) is 0.500. The molecule has 0 saturated heterocycles. The normalized spacial score (nSPS) is 24.6. The fourth-order valence-electron chi connectivity index (χ4n) is 1.42. The zero-order valence-electron chi connectivity index (χ0n) is 7.40. The number of carbonyl (C=O) groups is 1. The Kier molecular flexibility index (Phi) is 1.99. The second-order valence-corrected chi connectivity index (χ2v) is 3.37. The lowest BCUT2D eigenvalue weighted by Gasteiger charge is -2.06. The van der Waals surface area contributed by atoms with E-state index in [1.165, 1.54) is 5.57 Å². The topological polar surface area (TPSA) is 17.1 Å². The molecule has 0 heterocycles. The lowest BCUT2D eigenvalue weighted by Crippen LogP contribution is -2.09. The number of allylic oxidation sites excluding steroid dienone is 3. The van der Waals surface area contributed by atoms with Crippen LogP contribution in [0.2, 0.25) is 0 Å². The molecule has 1 heteroatoms. The molecule has 1 aliphatic rings. The smallest absolute Gasteiger partial charge is 0.165 e. The maximum atomic E-state index is 11.4. The van der Waals surface area contributed by atoms with E-state index in [1.54, 1.807) is 0 Å². The van der Waals surface area contributed by atoms with Crippen molar-refractivity contribution >= 4 is 5.78 Å². The molecule has 1 aliphatic carbocycles. The average Bonchev–Trinajstić information content (AvgIpc) is 2.17. The van der Waals surface area contributed by atoms with Crippen molar-refractivity contribution in [1.29, 1.82) is 0 Å². The molecule has 60 valence electrons. The van der Waals surface area contributed by atoms with Crippen LogP contribution in [0.1, 0.15) is 27.2 Å². The molecule has 0 bridgehead atoms. The molecule has 0 spiro atoms. The van der Waals surface area contributed by atoms with Gasteiger partial charge in [-0.25, -0.2) is 0 Å². The number of carbonyl (C=O) groups excluding carboxylic acids is 1. The van der Waals surface area contributed by atoms with Crippen LogP contribution in [-0.4, -0.2) is 5.78 Å². The summed E-state index contributed by atoms with van der Waals surface area (Å²) in [7, 11) is 0. The lowest BCUT2D eigenvalue weighted by atomic mass is 9.97. The monoisotopic (exact) mass is 150 g/mol. The van der Waals surface area contributed by atoms with Crippen molar-refractivity contribution < 1.29 is 4.79 Å². The van der Waals surface area contributed by atoms with Crippen LogP contribution < -0.4 is 0 Å². The molecule has 0 aromatic heterocycles. The summed E-state index contributed by atoms with van der Waals surface area (Å²) in [4.78, 5) is 11.4. The fourth-order valence-corrected chi connectivity index (χ4v) is 1.42. The SMILES string of the molecule is C=C(C)C1CC(C)=C(C)C1=O. The zero-order chi connectivity index (χ0) is 8.59. The predicted molar refractivity (Wildman–Crippen MR) is 46.3 cm³/mol. The van der Waals surface area contributed by atoms with Gasteiger partial charge in [0.25, 0.3) is 0 Å². The summed E-state index contributed by atoms with van der Waals surface area (Å²) in [5.74, 6) is 0.352. The zero-order valence-corrected chi connectivity index (χ0v) is 7.40. The molecule has 0 amide bonds. The Hall–Kier alpha value is -0.850. The molecular weight excluding hydrogens is 136 g/mol. The van der Waals surface area contributed by atoms with Crippen molar-refractivity contribution in [1.82, 2.24) is 0 Å². The molecule has 0 fully saturated rings. The molecule has 0 aromatic carbocycles. The Morgan fingerprint density at radius 3 is 2.27 bits per heavy atom. The number of rotatable bonds is 1. The molecule has 1 nitrogen and oxygen atoms in total. The van der Waals surface area contributed by atoms with E-state index in [-0.39, 0.29) is 11.7 Å². The van der Waals surface area contributed by atoms with Crippen molar-refractivity contribution in [3.63, 3.8) is 0 Å². The van der Waals surface area contributed by atoms with Gasteiger partial charge >= 0.3 is 0 Å². The van der Waals surface area contributed by atoms with E-state index in [4.69, 9.17) is 0 Å². The summed E-state index contributed by atoms with van der Waals surface area (Å²) in [6, 6.07) is 0. The summed E-state index contributed by atoms with van der Waals surface area (Å²) in [5, 5.41) is 0. The number of hydrogen-bond donors (Lipinski definition) is 0. The minimum atomic E-state index is 0.0787. The van der Waals surface area contributed by atoms with E-state index < -0.39 is 0 Å². The maximum absolute atomic E-state index is 11.4. The van der Waals surface area contributed by atoms with Crippen LogP contribution in [0.5, 0.6) is 0 Å². The van der Waals surface area contributed by atoms with Gasteiger partial charge in [-0.3, -0.25) is 4.79 Å². The van der Waals surface area contributed by atoms with Crippen LogP contribution in [0.15, 0.2) is 23.3 Å². The van der Waals surface area contributed by atoms with Gasteiger partial charge in [-0.05, 0) is 32.8 Å². The van der Waals surface area contributed by atoms with Crippen molar-refractivity contribution in [3.05, 3.63) is 23.3 Å². The molecule has 0 N–H and O–H groups in total. The van der Waals surface area contributed by atoms with Crippen molar-refractivity contribution in [2.75, 3.05) is 0 Å². The quantitative estimate of drug-likeness (QED) is 0.525. The summed E-state index contributed by atoms with van der Waals surface area (Å²) in [5.41, 5.74) is 3.16. The summed E-state index contributed by atoms with van der Waals surface area (Å²) in [6.45, 7) is 9.66. The Morgan fingerprint density at radius 1 is 1.55 bits per heavy atom. The van der Waals surface area contributed by atoms with Gasteiger partial charge in [0.05, 0.1) is 0 Å². The van der Waals surface area contributed by atoms with Gasteiger partial charge in [0.2, 0.25) is 0 Å². The van der Waals surface area contributed by atoms with Gasteiger partial charge < -0.3 is 0 Å². The van der Waals surface area contributed by atoms with Crippen LogP contribution in [0.3, 0.4) is 0 Å². The van der Waals surface area contributed by atoms with E-state index in [0.29, 0.717) is 0 Å². The molecule has 0 saturated carbocycles.